The second kappa shape index (κ2) is 4.05. The summed E-state index contributed by atoms with van der Waals surface area (Å²) in [6.45, 7) is 1.92. The van der Waals surface area contributed by atoms with E-state index < -0.39 is 0 Å². The maximum atomic E-state index is 11.2. The largest absolute Gasteiger partial charge is 0.391 e. The van der Waals surface area contributed by atoms with Gasteiger partial charge in [-0.15, -0.1) is 0 Å². The smallest absolute Gasteiger partial charge is 0.276 e. The van der Waals surface area contributed by atoms with Crippen molar-refractivity contribution in [2.45, 2.75) is 13.0 Å². The molecule has 0 fully saturated rings. The summed E-state index contributed by atoms with van der Waals surface area (Å²) in [5.41, 5.74) is 6.28. The molecule has 84 valence electrons. The second-order valence-corrected chi connectivity index (χ2v) is 3.39. The number of nitrogens with one attached hydrogen (secondary N) is 3. The van der Waals surface area contributed by atoms with Crippen molar-refractivity contribution in [3.63, 3.8) is 0 Å². The summed E-state index contributed by atoms with van der Waals surface area (Å²) in [5, 5.41) is 9.59. The van der Waals surface area contributed by atoms with E-state index in [1.165, 1.54) is 6.33 Å². The zero-order valence-corrected chi connectivity index (χ0v) is 8.69. The molecule has 0 aliphatic heterocycles. The van der Waals surface area contributed by atoms with Crippen molar-refractivity contribution in [1.29, 1.82) is 0 Å². The Labute approximate surface area is 91.1 Å². The van der Waals surface area contributed by atoms with E-state index in [-0.39, 0.29) is 17.3 Å². The summed E-state index contributed by atoms with van der Waals surface area (Å²) in [4.78, 5) is 17.6. The van der Waals surface area contributed by atoms with Gasteiger partial charge in [0.1, 0.15) is 5.69 Å². The first-order chi connectivity index (χ1) is 7.68. The van der Waals surface area contributed by atoms with E-state index in [2.05, 4.69) is 25.5 Å². The fourth-order valence-electron chi connectivity index (χ4n) is 1.31. The van der Waals surface area contributed by atoms with Crippen molar-refractivity contribution in [2.24, 2.45) is 0 Å². The van der Waals surface area contributed by atoms with E-state index in [1.54, 1.807) is 12.4 Å². The molecule has 7 heteroatoms. The molecule has 1 atom stereocenters. The minimum Gasteiger partial charge on any atom is -0.391 e. The van der Waals surface area contributed by atoms with Crippen LogP contribution in [0, 0.1) is 0 Å². The van der Waals surface area contributed by atoms with Crippen molar-refractivity contribution in [3.05, 3.63) is 34.6 Å². The number of rotatable bonds is 3. The molecular weight excluding hydrogens is 208 g/mol. The third-order valence-corrected chi connectivity index (χ3v) is 2.26. The number of nitrogens with zero attached hydrogens (tertiary/aromatic N) is 2. The number of anilines is 2. The van der Waals surface area contributed by atoms with Gasteiger partial charge in [-0.05, 0) is 6.92 Å². The SMILES string of the molecule is CC(Nc1nc[nH]c(=O)c1N)c1cn[nH]c1. The predicted molar refractivity (Wildman–Crippen MR) is 59.9 cm³/mol. The van der Waals surface area contributed by atoms with E-state index >= 15 is 0 Å². The van der Waals surface area contributed by atoms with Gasteiger partial charge in [0.2, 0.25) is 0 Å². The van der Waals surface area contributed by atoms with Crippen LogP contribution in [0.2, 0.25) is 0 Å². The van der Waals surface area contributed by atoms with E-state index in [9.17, 15) is 4.79 Å². The molecule has 1 unspecified atom stereocenters. The van der Waals surface area contributed by atoms with E-state index in [4.69, 9.17) is 5.73 Å². The molecular formula is C9H12N6O. The standard InChI is InChI=1S/C9H12N6O/c1-5(6-2-13-14-3-6)15-8-7(10)9(16)12-4-11-8/h2-5H,10H2,1H3,(H,13,14)(H2,11,12,15,16). The molecule has 7 nitrogen and oxygen atoms in total. The van der Waals surface area contributed by atoms with Crippen molar-refractivity contribution in [1.82, 2.24) is 20.2 Å². The quantitative estimate of drug-likeness (QED) is 0.592. The molecule has 0 bridgehead atoms. The summed E-state index contributed by atoms with van der Waals surface area (Å²) in [6.07, 6.45) is 4.77. The lowest BCUT2D eigenvalue weighted by Gasteiger charge is -2.13. The minimum absolute atomic E-state index is 0.0321. The molecule has 0 aliphatic carbocycles. The minimum atomic E-state index is -0.350. The first-order valence-corrected chi connectivity index (χ1v) is 4.77. The number of aromatic nitrogens is 4. The van der Waals surface area contributed by atoms with Crippen LogP contribution < -0.4 is 16.6 Å². The summed E-state index contributed by atoms with van der Waals surface area (Å²) in [7, 11) is 0. The molecule has 0 spiro atoms. The zero-order valence-electron chi connectivity index (χ0n) is 8.69. The van der Waals surface area contributed by atoms with Gasteiger partial charge >= 0.3 is 0 Å². The molecule has 16 heavy (non-hydrogen) atoms. The summed E-state index contributed by atoms with van der Waals surface area (Å²) in [6, 6.07) is -0.0321. The number of nitrogens with two attached hydrogens (primary N) is 1. The van der Waals surface area contributed by atoms with Gasteiger partial charge in [0.15, 0.2) is 5.82 Å². The van der Waals surface area contributed by atoms with Gasteiger partial charge in [-0.3, -0.25) is 9.89 Å². The molecule has 5 N–H and O–H groups in total. The van der Waals surface area contributed by atoms with Gasteiger partial charge in [0, 0.05) is 11.8 Å². The van der Waals surface area contributed by atoms with Crippen LogP contribution in [0.3, 0.4) is 0 Å². The van der Waals surface area contributed by atoms with E-state index in [0.717, 1.165) is 5.56 Å². The first kappa shape index (κ1) is 10.2. The number of aromatic amines is 2. The Bertz CT molecular complexity index is 517. The summed E-state index contributed by atoms with van der Waals surface area (Å²) < 4.78 is 0. The van der Waals surface area contributed by atoms with Crippen molar-refractivity contribution in [2.75, 3.05) is 11.1 Å². The molecule has 2 aromatic rings. The predicted octanol–water partition coefficient (Wildman–Crippen LogP) is 0.248. The Morgan fingerprint density at radius 2 is 2.38 bits per heavy atom. The fourth-order valence-corrected chi connectivity index (χ4v) is 1.31. The summed E-state index contributed by atoms with van der Waals surface area (Å²) in [5.74, 6) is 0.373. The Hall–Kier alpha value is -2.31. The Kier molecular flexibility index (Phi) is 2.59. The van der Waals surface area contributed by atoms with E-state index in [0.29, 0.717) is 5.82 Å². The van der Waals surface area contributed by atoms with Crippen molar-refractivity contribution < 1.29 is 0 Å². The van der Waals surface area contributed by atoms with Crippen molar-refractivity contribution in [3.8, 4) is 0 Å². The average Bonchev–Trinajstić information content (AvgIpc) is 2.78. The van der Waals surface area contributed by atoms with Gasteiger partial charge in [-0.2, -0.15) is 5.10 Å². The molecule has 2 heterocycles. The molecule has 0 amide bonds. The van der Waals surface area contributed by atoms with Crippen LogP contribution in [0.25, 0.3) is 0 Å². The Morgan fingerprint density at radius 3 is 3.06 bits per heavy atom. The molecule has 0 saturated carbocycles. The third kappa shape index (κ3) is 1.88. The van der Waals surface area contributed by atoms with Gasteiger partial charge < -0.3 is 16.0 Å². The highest BCUT2D eigenvalue weighted by atomic mass is 16.1. The first-order valence-electron chi connectivity index (χ1n) is 4.77. The Balaban J connectivity index is 2.21. The maximum Gasteiger partial charge on any atom is 0.276 e. The number of nitrogen functional groups attached to an aromatic ring is 1. The highest BCUT2D eigenvalue weighted by Crippen LogP contribution is 2.18. The lowest BCUT2D eigenvalue weighted by molar-refractivity contribution is 0.872. The van der Waals surface area contributed by atoms with Crippen LogP contribution in [0.15, 0.2) is 23.5 Å². The van der Waals surface area contributed by atoms with Gasteiger partial charge in [0.25, 0.3) is 5.56 Å². The lowest BCUT2D eigenvalue weighted by Crippen LogP contribution is -2.17. The summed E-state index contributed by atoms with van der Waals surface area (Å²) >= 11 is 0. The maximum absolute atomic E-state index is 11.2. The number of hydrogen-bond donors (Lipinski definition) is 4. The van der Waals surface area contributed by atoms with Gasteiger partial charge in [0.05, 0.1) is 18.6 Å². The second-order valence-electron chi connectivity index (χ2n) is 3.39. The Morgan fingerprint density at radius 1 is 1.56 bits per heavy atom. The van der Waals surface area contributed by atoms with Crippen LogP contribution in [-0.4, -0.2) is 20.2 Å². The molecule has 2 aromatic heterocycles. The zero-order chi connectivity index (χ0) is 11.5. The molecule has 0 radical (unpaired) electrons. The van der Waals surface area contributed by atoms with Crippen molar-refractivity contribution >= 4 is 11.5 Å². The monoisotopic (exact) mass is 220 g/mol. The number of hydrogen-bond acceptors (Lipinski definition) is 5. The molecule has 0 aromatic carbocycles. The molecule has 0 saturated heterocycles. The molecule has 0 aliphatic rings. The number of H-pyrrole nitrogens is 2. The van der Waals surface area contributed by atoms with Crippen LogP contribution in [-0.2, 0) is 0 Å². The fraction of sp³-hybridized carbons (Fsp3) is 0.222. The normalized spacial score (nSPS) is 12.3. The highest BCUT2D eigenvalue weighted by molar-refractivity contribution is 5.59. The van der Waals surface area contributed by atoms with Crippen LogP contribution in [0.5, 0.6) is 0 Å². The van der Waals surface area contributed by atoms with E-state index in [1.807, 2.05) is 6.92 Å². The van der Waals surface area contributed by atoms with Gasteiger partial charge in [-0.25, -0.2) is 4.98 Å². The highest BCUT2D eigenvalue weighted by Gasteiger charge is 2.10. The van der Waals surface area contributed by atoms with Crippen LogP contribution in [0.4, 0.5) is 11.5 Å². The topological polar surface area (TPSA) is 112 Å². The average molecular weight is 220 g/mol. The van der Waals surface area contributed by atoms with Crippen LogP contribution in [0.1, 0.15) is 18.5 Å². The lowest BCUT2D eigenvalue weighted by atomic mass is 10.2. The molecule has 2 rings (SSSR count). The van der Waals surface area contributed by atoms with Crippen LogP contribution >= 0.6 is 0 Å². The van der Waals surface area contributed by atoms with Gasteiger partial charge in [-0.1, -0.05) is 0 Å². The third-order valence-electron chi connectivity index (χ3n) is 2.26.